The molecule has 0 radical (unpaired) electrons. The topological polar surface area (TPSA) is 83.8 Å². The lowest BCUT2D eigenvalue weighted by Crippen LogP contribution is -2.34. The van der Waals surface area contributed by atoms with Gasteiger partial charge >= 0.3 is 6.03 Å². The van der Waals surface area contributed by atoms with E-state index < -0.39 is 0 Å². The van der Waals surface area contributed by atoms with E-state index in [2.05, 4.69) is 32.8 Å². The van der Waals surface area contributed by atoms with E-state index in [1.54, 1.807) is 14.1 Å². The summed E-state index contributed by atoms with van der Waals surface area (Å²) in [6.07, 6.45) is 3.90. The molecule has 3 N–H and O–H groups in total. The van der Waals surface area contributed by atoms with E-state index in [0.717, 1.165) is 37.3 Å². The molecule has 2 aromatic rings. The number of likely N-dealkylation sites (tertiary alicyclic amines) is 1. The predicted molar refractivity (Wildman–Crippen MR) is 121 cm³/mol. The molecule has 0 bridgehead atoms. The molecule has 0 atom stereocenters. The molecule has 0 spiro atoms. The van der Waals surface area contributed by atoms with E-state index in [9.17, 15) is 4.79 Å². The van der Waals surface area contributed by atoms with Crippen molar-refractivity contribution in [3.8, 4) is 0 Å². The molecule has 7 heteroatoms. The zero-order chi connectivity index (χ0) is 21.3. The summed E-state index contributed by atoms with van der Waals surface area (Å²) in [5.74, 6) is 0.472. The summed E-state index contributed by atoms with van der Waals surface area (Å²) < 4.78 is 0. The Morgan fingerprint density at radius 2 is 1.83 bits per heavy atom. The molecule has 158 valence electrons. The van der Waals surface area contributed by atoms with Gasteiger partial charge in [0.25, 0.3) is 0 Å². The summed E-state index contributed by atoms with van der Waals surface area (Å²) >= 11 is 0. The van der Waals surface area contributed by atoms with E-state index in [1.807, 2.05) is 48.7 Å². The van der Waals surface area contributed by atoms with E-state index in [4.69, 9.17) is 5.53 Å². The number of urea groups is 1. The van der Waals surface area contributed by atoms with Gasteiger partial charge < -0.3 is 15.5 Å². The van der Waals surface area contributed by atoms with E-state index in [-0.39, 0.29) is 6.03 Å². The summed E-state index contributed by atoms with van der Waals surface area (Å²) in [6, 6.07) is 17.9. The maximum Gasteiger partial charge on any atom is 0.321 e. The lowest BCUT2D eigenvalue weighted by Gasteiger charge is -2.32. The fourth-order valence-corrected chi connectivity index (χ4v) is 3.57. The van der Waals surface area contributed by atoms with Gasteiger partial charge in [-0.2, -0.15) is 5.11 Å². The molecule has 2 aromatic carbocycles. The molecule has 3 rings (SSSR count). The first-order chi connectivity index (χ1) is 14.5. The van der Waals surface area contributed by atoms with Crippen LogP contribution in [0.25, 0.3) is 0 Å². The Balaban J connectivity index is 1.53. The van der Waals surface area contributed by atoms with Crippen LogP contribution in [0.1, 0.15) is 24.3 Å². The van der Waals surface area contributed by atoms with Gasteiger partial charge in [-0.3, -0.25) is 4.90 Å². The smallest absolute Gasteiger partial charge is 0.321 e. The summed E-state index contributed by atoms with van der Waals surface area (Å²) in [5, 5.41) is 9.82. The lowest BCUT2D eigenvalue weighted by molar-refractivity contribution is 0.227. The first kappa shape index (κ1) is 21.5. The normalized spacial score (nSPS) is 15.5. The third-order valence-electron chi connectivity index (χ3n) is 5.31. The number of nitrogens with zero attached hydrogens (tertiary/aromatic N) is 3. The molecule has 7 nitrogen and oxygen atoms in total. The van der Waals surface area contributed by atoms with Gasteiger partial charge in [0, 0.05) is 38.2 Å². The second-order valence-electron chi connectivity index (χ2n) is 7.76. The fraction of sp³-hybridized carbons (Fsp3) is 0.348. The van der Waals surface area contributed by atoms with Crippen molar-refractivity contribution in [1.82, 2.24) is 9.80 Å². The number of amides is 2. The van der Waals surface area contributed by atoms with Crippen LogP contribution in [-0.2, 0) is 0 Å². The van der Waals surface area contributed by atoms with E-state index in [1.165, 1.54) is 10.5 Å². The number of benzene rings is 2. The summed E-state index contributed by atoms with van der Waals surface area (Å²) in [7, 11) is 3.46. The molecular formula is C23H30N6O. The third-order valence-corrected chi connectivity index (χ3v) is 5.31. The molecule has 0 aliphatic carbocycles. The van der Waals surface area contributed by atoms with Crippen molar-refractivity contribution in [3.05, 3.63) is 72.1 Å². The molecule has 0 saturated carbocycles. The first-order valence-electron chi connectivity index (χ1n) is 10.2. The van der Waals surface area contributed by atoms with Gasteiger partial charge in [0.2, 0.25) is 0 Å². The number of carbonyl (C=O) groups excluding carboxylic acids is 1. The minimum atomic E-state index is -0.121. The van der Waals surface area contributed by atoms with Gasteiger partial charge in [-0.25, -0.2) is 10.3 Å². The fourth-order valence-electron chi connectivity index (χ4n) is 3.57. The van der Waals surface area contributed by atoms with Gasteiger partial charge in [0.1, 0.15) is 0 Å². The minimum Gasteiger partial charge on any atom is -0.360 e. The van der Waals surface area contributed by atoms with Gasteiger partial charge in [-0.15, -0.1) is 0 Å². The van der Waals surface area contributed by atoms with Crippen LogP contribution in [0.5, 0.6) is 0 Å². The summed E-state index contributed by atoms with van der Waals surface area (Å²) in [5.41, 5.74) is 11.3. The Hall–Kier alpha value is -3.19. The van der Waals surface area contributed by atoms with Crippen LogP contribution < -0.4 is 10.6 Å². The van der Waals surface area contributed by atoms with Crippen molar-refractivity contribution in [1.29, 1.82) is 5.53 Å². The molecular weight excluding hydrogens is 376 g/mol. The van der Waals surface area contributed by atoms with Crippen LogP contribution in [0, 0.1) is 5.53 Å². The quantitative estimate of drug-likeness (QED) is 0.569. The summed E-state index contributed by atoms with van der Waals surface area (Å²) in [4.78, 5) is 15.8. The lowest BCUT2D eigenvalue weighted by atomic mass is 9.89. The maximum atomic E-state index is 11.9. The molecule has 1 aliphatic heterocycles. The standard InChI is InChI=1S/C23H30N6O/c1-28(2)23(30)26-21-10-6-7-19(15-21)18-11-13-29(14-12-18)17-22(27-24)16-25-20-8-4-3-5-9-20/h3-10,15-16,18,24-25H,11-14,17H2,1-2H3,(H,26,30)/b22-16-,27-24?. The highest BCUT2D eigenvalue weighted by Gasteiger charge is 2.21. The van der Waals surface area contributed by atoms with Gasteiger partial charge in [-0.1, -0.05) is 30.3 Å². The molecule has 1 aliphatic rings. The molecule has 0 aromatic heterocycles. The average Bonchev–Trinajstić information content (AvgIpc) is 2.78. The highest BCUT2D eigenvalue weighted by molar-refractivity contribution is 5.89. The number of piperidine rings is 1. The van der Waals surface area contributed by atoms with Crippen molar-refractivity contribution in [3.63, 3.8) is 0 Å². The maximum absolute atomic E-state index is 11.9. The van der Waals surface area contributed by atoms with E-state index >= 15 is 0 Å². The zero-order valence-corrected chi connectivity index (χ0v) is 17.6. The van der Waals surface area contributed by atoms with Gasteiger partial charge in [-0.05, 0) is 61.7 Å². The molecule has 1 heterocycles. The number of rotatable bonds is 7. The number of nitrogens with one attached hydrogen (secondary N) is 3. The minimum absolute atomic E-state index is 0.121. The molecule has 1 saturated heterocycles. The molecule has 2 amide bonds. The second kappa shape index (κ2) is 10.5. The highest BCUT2D eigenvalue weighted by atomic mass is 16.2. The number of para-hydroxylation sites is 1. The largest absolute Gasteiger partial charge is 0.360 e. The Morgan fingerprint density at radius 1 is 1.13 bits per heavy atom. The number of anilines is 2. The van der Waals surface area contributed by atoms with Crippen LogP contribution >= 0.6 is 0 Å². The van der Waals surface area contributed by atoms with Crippen molar-refractivity contribution in [2.24, 2.45) is 5.11 Å². The zero-order valence-electron chi connectivity index (χ0n) is 17.6. The van der Waals surface area contributed by atoms with Crippen LogP contribution in [0.4, 0.5) is 16.2 Å². The van der Waals surface area contributed by atoms with E-state index in [0.29, 0.717) is 18.2 Å². The Morgan fingerprint density at radius 3 is 2.50 bits per heavy atom. The van der Waals surface area contributed by atoms with Crippen LogP contribution in [0.2, 0.25) is 0 Å². The SMILES string of the molecule is CN(C)C(=O)Nc1cccc(C2CCN(C/C(=C/Nc3ccccc3)N=N)CC2)c1. The van der Waals surface area contributed by atoms with Crippen molar-refractivity contribution in [2.45, 2.75) is 18.8 Å². The predicted octanol–water partition coefficient (Wildman–Crippen LogP) is 4.94. The van der Waals surface area contributed by atoms with Gasteiger partial charge in [0.15, 0.2) is 0 Å². The first-order valence-corrected chi connectivity index (χ1v) is 10.2. The number of hydrogen-bond acceptors (Lipinski definition) is 5. The Bertz CT molecular complexity index is 872. The summed E-state index contributed by atoms with van der Waals surface area (Å²) in [6.45, 7) is 2.57. The van der Waals surface area contributed by atoms with Crippen molar-refractivity contribution in [2.75, 3.05) is 44.4 Å². The number of carbonyl (C=O) groups is 1. The molecule has 0 unspecified atom stereocenters. The Labute approximate surface area is 178 Å². The third kappa shape index (κ3) is 6.15. The van der Waals surface area contributed by atoms with Crippen LogP contribution in [-0.4, -0.2) is 49.6 Å². The van der Waals surface area contributed by atoms with Crippen LogP contribution in [0.3, 0.4) is 0 Å². The Kier molecular flexibility index (Phi) is 7.57. The number of hydrogen-bond donors (Lipinski definition) is 3. The van der Waals surface area contributed by atoms with Crippen molar-refractivity contribution < 1.29 is 4.79 Å². The second-order valence-corrected chi connectivity index (χ2v) is 7.76. The monoisotopic (exact) mass is 406 g/mol. The molecule has 1 fully saturated rings. The van der Waals surface area contributed by atoms with Crippen LogP contribution in [0.15, 0.2) is 71.6 Å². The van der Waals surface area contributed by atoms with Crippen molar-refractivity contribution >= 4 is 17.4 Å². The molecule has 30 heavy (non-hydrogen) atoms. The average molecular weight is 407 g/mol. The van der Waals surface area contributed by atoms with Gasteiger partial charge in [0.05, 0.1) is 5.70 Å². The highest BCUT2D eigenvalue weighted by Crippen LogP contribution is 2.30.